The molecule has 4 rings (SSSR count). The van der Waals surface area contributed by atoms with Crippen molar-refractivity contribution >= 4 is 24.2 Å². The topological polar surface area (TPSA) is 202 Å². The predicted molar refractivity (Wildman–Crippen MR) is 209 cm³/mol. The summed E-state index contributed by atoms with van der Waals surface area (Å²) in [7, 11) is -9.23. The Hall–Kier alpha value is -2.26. The Labute approximate surface area is 318 Å². The first-order chi connectivity index (χ1) is 24.9. The summed E-state index contributed by atoms with van der Waals surface area (Å²) in [5.41, 5.74) is -2.18. The number of aliphatic hydroxyl groups is 1. The first-order valence-electron chi connectivity index (χ1n) is 18.7. The van der Waals surface area contributed by atoms with Gasteiger partial charge in [0.15, 0.2) is 20.8 Å². The van der Waals surface area contributed by atoms with Crippen molar-refractivity contribution in [3.63, 3.8) is 0 Å². The minimum Gasteiger partial charge on any atom is -0.407 e. The van der Waals surface area contributed by atoms with Crippen LogP contribution in [0.25, 0.3) is 0 Å². The van der Waals surface area contributed by atoms with E-state index >= 15 is 0 Å². The molecule has 2 aromatic rings. The van der Waals surface area contributed by atoms with Gasteiger partial charge in [0.05, 0.1) is 12.7 Å². The molecule has 0 radical (unpaired) electrons. The third-order valence-electron chi connectivity index (χ3n) is 11.3. The van der Waals surface area contributed by atoms with Crippen molar-refractivity contribution in [1.29, 1.82) is 0 Å². The van der Waals surface area contributed by atoms with Crippen molar-refractivity contribution < 1.29 is 37.0 Å². The van der Waals surface area contributed by atoms with E-state index in [0.29, 0.717) is 6.42 Å². The Balaban J connectivity index is 1.66. The van der Waals surface area contributed by atoms with Crippen LogP contribution in [0.15, 0.2) is 43.7 Å². The average molecular weight is 817 g/mol. The highest BCUT2D eigenvalue weighted by Crippen LogP contribution is 2.52. The maximum absolute atomic E-state index is 14.3. The number of aliphatic hydroxyl groups excluding tert-OH is 1. The van der Waals surface area contributed by atoms with Crippen LogP contribution < -0.4 is 22.5 Å². The molecule has 3 N–H and O–H groups in total. The van der Waals surface area contributed by atoms with Crippen LogP contribution in [0, 0.1) is 0 Å². The minimum absolute atomic E-state index is 0.134. The lowest BCUT2D eigenvalue weighted by Gasteiger charge is -2.45. The summed E-state index contributed by atoms with van der Waals surface area (Å²) in [5, 5.41) is 11.6. The van der Waals surface area contributed by atoms with Gasteiger partial charge in [-0.1, -0.05) is 69.2 Å². The lowest BCUT2D eigenvalue weighted by Crippen LogP contribution is -2.54. The molecule has 19 heteroatoms. The first-order valence-corrected chi connectivity index (χ1v) is 25.8. The van der Waals surface area contributed by atoms with E-state index in [-0.39, 0.29) is 21.7 Å². The smallest absolute Gasteiger partial charge is 0.330 e. The molecule has 2 aliphatic rings. The van der Waals surface area contributed by atoms with E-state index in [4.69, 9.17) is 27.4 Å². The van der Waals surface area contributed by atoms with Crippen LogP contribution in [0.2, 0.25) is 34.8 Å². The van der Waals surface area contributed by atoms with Gasteiger partial charge >= 0.3 is 19.0 Å². The molecule has 2 saturated heterocycles. The maximum atomic E-state index is 14.3. The Morgan fingerprint density at radius 3 is 1.70 bits per heavy atom. The lowest BCUT2D eigenvalue weighted by molar-refractivity contribution is -0.0537. The number of nitrogens with zero attached hydrogens (tertiary/aromatic N) is 2. The predicted octanol–water partition coefficient (Wildman–Crippen LogP) is 4.83. The van der Waals surface area contributed by atoms with Gasteiger partial charge in [-0.2, -0.15) is 0 Å². The van der Waals surface area contributed by atoms with Crippen molar-refractivity contribution in [2.75, 3.05) is 13.3 Å². The maximum Gasteiger partial charge on any atom is 0.330 e. The zero-order valence-corrected chi connectivity index (χ0v) is 36.7. The molecule has 16 nitrogen and oxygen atoms in total. The van der Waals surface area contributed by atoms with Gasteiger partial charge in [0.2, 0.25) is 8.32 Å². The zero-order chi connectivity index (χ0) is 40.7. The molecule has 0 amide bonds. The number of nitrogens with one attached hydrogen (secondary N) is 2. The minimum atomic E-state index is -4.00. The van der Waals surface area contributed by atoms with Crippen LogP contribution >= 0.6 is 7.60 Å². The van der Waals surface area contributed by atoms with Crippen LogP contribution in [0.4, 0.5) is 0 Å². The molecule has 2 fully saturated rings. The van der Waals surface area contributed by atoms with E-state index in [1.165, 1.54) is 40.3 Å². The summed E-state index contributed by atoms with van der Waals surface area (Å²) in [5.74, 6) is 0. The second-order valence-corrected chi connectivity index (χ2v) is 29.1. The molecular weight excluding hydrogens is 756 g/mol. The van der Waals surface area contributed by atoms with Gasteiger partial charge in [-0.05, 0) is 41.2 Å². The van der Waals surface area contributed by atoms with E-state index in [2.05, 4.69) is 72.3 Å². The third kappa shape index (κ3) is 9.14. The monoisotopic (exact) mass is 816 g/mol. The summed E-state index contributed by atoms with van der Waals surface area (Å²) >= 11 is 0. The van der Waals surface area contributed by atoms with Crippen LogP contribution in [0.3, 0.4) is 0 Å². The summed E-state index contributed by atoms with van der Waals surface area (Å²) in [6.07, 6.45) is -5.11. The molecule has 0 aliphatic carbocycles. The Bertz CT molecular complexity index is 1860. The molecule has 0 saturated carbocycles. The van der Waals surface area contributed by atoms with Crippen molar-refractivity contribution in [2.24, 2.45) is 0 Å². The SMILES string of the molecule is CC[C@H]1O[C@@H](n2ccc(=O)[nH]c2=O)[C@@H](O[Si](C)(C)C(C)(C)C)C1OP(C)(=O)OC[C@H]1O[C@@H](n2ccc(=O)[nH]c2=O)[C@@H](O[Si](C(C)C)(C(C)C)C(C)C)C1O. The molecule has 9 atom stereocenters. The van der Waals surface area contributed by atoms with Crippen LogP contribution in [-0.2, 0) is 31.9 Å². The molecule has 0 aromatic carbocycles. The van der Waals surface area contributed by atoms with Gasteiger partial charge in [0.1, 0.15) is 30.5 Å². The van der Waals surface area contributed by atoms with Crippen LogP contribution in [0.1, 0.15) is 88.1 Å². The molecule has 0 spiro atoms. The third-order valence-corrected chi connectivity index (χ3v) is 23.1. The zero-order valence-electron chi connectivity index (χ0n) is 33.9. The fourth-order valence-corrected chi connectivity index (χ4v) is 15.6. The molecule has 3 unspecified atom stereocenters. The van der Waals surface area contributed by atoms with E-state index in [1.807, 2.05) is 20.0 Å². The fourth-order valence-electron chi connectivity index (χ4n) is 7.60. The van der Waals surface area contributed by atoms with Crippen molar-refractivity contribution in [2.45, 2.75) is 159 Å². The van der Waals surface area contributed by atoms with Crippen molar-refractivity contribution in [3.8, 4) is 0 Å². The second kappa shape index (κ2) is 16.7. The van der Waals surface area contributed by atoms with Crippen LogP contribution in [-0.4, -0.2) is 90.7 Å². The van der Waals surface area contributed by atoms with Crippen molar-refractivity contribution in [1.82, 2.24) is 19.1 Å². The van der Waals surface area contributed by atoms with Gasteiger partial charge in [-0.15, -0.1) is 0 Å². The number of hydrogen-bond donors (Lipinski definition) is 3. The van der Waals surface area contributed by atoms with Gasteiger partial charge in [-0.3, -0.25) is 37.8 Å². The lowest BCUT2D eigenvalue weighted by atomic mass is 10.1. The fraction of sp³-hybridized carbons (Fsp3) is 0.771. The van der Waals surface area contributed by atoms with E-state index in [1.54, 1.807) is 0 Å². The number of aromatic amines is 2. The van der Waals surface area contributed by atoms with E-state index in [0.717, 1.165) is 0 Å². The average Bonchev–Trinajstić information content (AvgIpc) is 3.52. The highest BCUT2D eigenvalue weighted by atomic mass is 31.2. The summed E-state index contributed by atoms with van der Waals surface area (Å²) in [6.45, 7) is 25.6. The summed E-state index contributed by atoms with van der Waals surface area (Å²) in [4.78, 5) is 54.4. The van der Waals surface area contributed by atoms with E-state index < -0.39 is 102 Å². The largest absolute Gasteiger partial charge is 0.407 e. The highest BCUT2D eigenvalue weighted by molar-refractivity contribution is 7.53. The Morgan fingerprint density at radius 1 is 0.815 bits per heavy atom. The molecule has 306 valence electrons. The summed E-state index contributed by atoms with van der Waals surface area (Å²) in [6, 6.07) is 2.40. The molecule has 54 heavy (non-hydrogen) atoms. The van der Waals surface area contributed by atoms with Crippen LogP contribution in [0.5, 0.6) is 0 Å². The Morgan fingerprint density at radius 2 is 1.28 bits per heavy atom. The van der Waals surface area contributed by atoms with E-state index in [9.17, 15) is 28.8 Å². The number of ether oxygens (including phenoxy) is 2. The number of hydrogen-bond acceptors (Lipinski definition) is 12. The quantitative estimate of drug-likeness (QED) is 0.164. The molecule has 2 aliphatic heterocycles. The molecular formula is C35H61N4O12PSi2. The highest BCUT2D eigenvalue weighted by Gasteiger charge is 2.56. The molecule has 4 heterocycles. The second-order valence-electron chi connectivity index (χ2n) is 16.9. The normalized spacial score (nSPS) is 28.0. The molecule has 0 bridgehead atoms. The van der Waals surface area contributed by atoms with Gasteiger partial charge < -0.3 is 28.0 Å². The van der Waals surface area contributed by atoms with Gasteiger partial charge in [0, 0.05) is 31.2 Å². The Kier molecular flexibility index (Phi) is 13.7. The number of rotatable bonds is 15. The van der Waals surface area contributed by atoms with Gasteiger partial charge in [0.25, 0.3) is 11.1 Å². The van der Waals surface area contributed by atoms with Crippen molar-refractivity contribution in [3.05, 3.63) is 66.2 Å². The number of aromatic nitrogens is 4. The van der Waals surface area contributed by atoms with Gasteiger partial charge in [-0.25, -0.2) is 9.59 Å². The standard InChI is InChI=1S/C35H61N4O12PSi2/c1-14-23-28(30(50-53(12,13)35(8,9)10)32(47-23)39-18-16-26(41)37-34(39)44)49-52(11,45)46-19-24-27(42)29(51-54(20(2)3,21(4)5)22(6)7)31(48-24)38-17-15-25(40)36-33(38)43/h15-18,20-24,27-32,42H,14,19H2,1-13H3,(H,36,40,43)(H,37,41,44)/t23-,24-,27?,28?,29+,30+,31-,32-,52?/m1/s1. The molecule has 2 aromatic heterocycles. The summed E-state index contributed by atoms with van der Waals surface area (Å²) < 4.78 is 55.4. The first kappa shape index (κ1) is 44.5. The number of H-pyrrole nitrogens is 2.